The Morgan fingerprint density at radius 3 is 2.48 bits per heavy atom. The molecule has 0 bridgehead atoms. The van der Waals surface area contributed by atoms with E-state index < -0.39 is 9.84 Å². The fourth-order valence-corrected chi connectivity index (χ4v) is 5.01. The van der Waals surface area contributed by atoms with Gasteiger partial charge in [-0.3, -0.25) is 9.88 Å². The van der Waals surface area contributed by atoms with Crippen molar-refractivity contribution in [3.05, 3.63) is 29.6 Å². The number of likely N-dealkylation sites (tertiary alicyclic amines) is 1. The molecule has 0 saturated carbocycles. The molecular formula is C16H24N2O2S. The van der Waals surface area contributed by atoms with Crippen LogP contribution in [0.25, 0.3) is 0 Å². The molecule has 21 heavy (non-hydrogen) atoms. The maximum atomic E-state index is 11.2. The van der Waals surface area contributed by atoms with Crippen molar-refractivity contribution in [2.75, 3.05) is 24.6 Å². The predicted molar refractivity (Wildman–Crippen MR) is 83.7 cm³/mol. The van der Waals surface area contributed by atoms with E-state index in [1.54, 1.807) is 0 Å². The molecule has 0 amide bonds. The Morgan fingerprint density at radius 2 is 1.95 bits per heavy atom. The Labute approximate surface area is 127 Å². The summed E-state index contributed by atoms with van der Waals surface area (Å²) in [6.45, 7) is 7.42. The minimum absolute atomic E-state index is 0.414. The van der Waals surface area contributed by atoms with E-state index >= 15 is 0 Å². The Hall–Kier alpha value is -0.940. The molecule has 116 valence electrons. The molecule has 0 unspecified atom stereocenters. The van der Waals surface area contributed by atoms with Crippen molar-refractivity contribution in [2.45, 2.75) is 26.8 Å². The second kappa shape index (κ2) is 5.69. The summed E-state index contributed by atoms with van der Waals surface area (Å²) >= 11 is 0. The molecule has 0 aliphatic carbocycles. The van der Waals surface area contributed by atoms with Crippen LogP contribution in [0.15, 0.2) is 18.3 Å². The van der Waals surface area contributed by atoms with E-state index in [4.69, 9.17) is 0 Å². The second-order valence-electron chi connectivity index (χ2n) is 7.05. The monoisotopic (exact) mass is 308 g/mol. The van der Waals surface area contributed by atoms with Crippen LogP contribution in [0.1, 0.15) is 25.1 Å². The van der Waals surface area contributed by atoms with Gasteiger partial charge in [-0.1, -0.05) is 19.9 Å². The SMILES string of the molecule is CC(C)Cc1ccc(CN2CC(C3CS(=O)(=O)C3)C2)cn1. The zero-order chi connectivity index (χ0) is 15.0. The van der Waals surface area contributed by atoms with E-state index in [2.05, 4.69) is 35.9 Å². The summed E-state index contributed by atoms with van der Waals surface area (Å²) in [5, 5.41) is 0. The van der Waals surface area contributed by atoms with E-state index in [1.807, 2.05) is 6.20 Å². The molecule has 2 aliphatic heterocycles. The highest BCUT2D eigenvalue weighted by molar-refractivity contribution is 7.92. The average Bonchev–Trinajstić information content (AvgIpc) is 2.31. The van der Waals surface area contributed by atoms with E-state index in [-0.39, 0.29) is 0 Å². The van der Waals surface area contributed by atoms with Gasteiger partial charge in [-0.05, 0) is 35.8 Å². The standard InChI is InChI=1S/C16H24N2O2S/c1-12(2)5-16-4-3-13(6-17-16)7-18-8-14(9-18)15-10-21(19,20)11-15/h3-4,6,12,14-15H,5,7-11H2,1-2H3. The molecule has 1 aromatic rings. The lowest BCUT2D eigenvalue weighted by Gasteiger charge is -2.46. The van der Waals surface area contributed by atoms with Gasteiger partial charge in [0.05, 0.1) is 11.5 Å². The third-order valence-corrected chi connectivity index (χ3v) is 6.37. The van der Waals surface area contributed by atoms with Crippen molar-refractivity contribution in [1.82, 2.24) is 9.88 Å². The molecule has 2 saturated heterocycles. The topological polar surface area (TPSA) is 50.3 Å². The number of hydrogen-bond donors (Lipinski definition) is 0. The minimum Gasteiger partial charge on any atom is -0.298 e. The second-order valence-corrected chi connectivity index (χ2v) is 9.20. The zero-order valence-electron chi connectivity index (χ0n) is 12.8. The molecule has 5 heteroatoms. The highest BCUT2D eigenvalue weighted by Crippen LogP contribution is 2.33. The maximum Gasteiger partial charge on any atom is 0.150 e. The summed E-state index contributed by atoms with van der Waals surface area (Å²) in [5.41, 5.74) is 2.41. The van der Waals surface area contributed by atoms with E-state index in [0.29, 0.717) is 29.3 Å². The Bertz CT molecular complexity index is 577. The number of hydrogen-bond acceptors (Lipinski definition) is 4. The first kappa shape index (κ1) is 15.0. The fraction of sp³-hybridized carbons (Fsp3) is 0.688. The van der Waals surface area contributed by atoms with Crippen LogP contribution in [0.3, 0.4) is 0 Å². The first-order valence-corrected chi connectivity index (χ1v) is 9.60. The van der Waals surface area contributed by atoms with Crippen LogP contribution >= 0.6 is 0 Å². The maximum absolute atomic E-state index is 11.2. The number of aromatic nitrogens is 1. The molecule has 3 heterocycles. The molecule has 2 fully saturated rings. The lowest BCUT2D eigenvalue weighted by atomic mass is 9.87. The van der Waals surface area contributed by atoms with Crippen molar-refractivity contribution in [3.63, 3.8) is 0 Å². The third-order valence-electron chi connectivity index (χ3n) is 4.50. The van der Waals surface area contributed by atoms with Crippen molar-refractivity contribution in [2.24, 2.45) is 17.8 Å². The van der Waals surface area contributed by atoms with Gasteiger partial charge in [0, 0.05) is 31.5 Å². The molecular weight excluding hydrogens is 284 g/mol. The van der Waals surface area contributed by atoms with Crippen LogP contribution in [0.4, 0.5) is 0 Å². The zero-order valence-corrected chi connectivity index (χ0v) is 13.6. The largest absolute Gasteiger partial charge is 0.298 e. The van der Waals surface area contributed by atoms with Crippen LogP contribution < -0.4 is 0 Å². The Kier molecular flexibility index (Phi) is 4.06. The lowest BCUT2D eigenvalue weighted by molar-refractivity contribution is 0.0589. The number of nitrogens with zero attached hydrogens (tertiary/aromatic N) is 2. The summed E-state index contributed by atoms with van der Waals surface area (Å²) < 4.78 is 22.4. The Balaban J connectivity index is 1.44. The van der Waals surface area contributed by atoms with Gasteiger partial charge in [-0.2, -0.15) is 0 Å². The van der Waals surface area contributed by atoms with Crippen LogP contribution in [0.5, 0.6) is 0 Å². The highest BCUT2D eigenvalue weighted by atomic mass is 32.2. The summed E-state index contributed by atoms with van der Waals surface area (Å²) in [7, 11) is -2.67. The molecule has 0 atom stereocenters. The number of sulfone groups is 1. The third kappa shape index (κ3) is 3.64. The first-order valence-electron chi connectivity index (χ1n) is 7.78. The van der Waals surface area contributed by atoms with Gasteiger partial charge in [0.15, 0.2) is 9.84 Å². The molecule has 3 rings (SSSR count). The van der Waals surface area contributed by atoms with Crippen LogP contribution in [0, 0.1) is 17.8 Å². The van der Waals surface area contributed by atoms with E-state index in [9.17, 15) is 8.42 Å². The molecule has 4 nitrogen and oxygen atoms in total. The normalized spacial score (nSPS) is 23.0. The van der Waals surface area contributed by atoms with Gasteiger partial charge in [-0.25, -0.2) is 8.42 Å². The lowest BCUT2D eigenvalue weighted by Crippen LogP contribution is -2.55. The molecule has 0 aromatic carbocycles. The Morgan fingerprint density at radius 1 is 1.24 bits per heavy atom. The van der Waals surface area contributed by atoms with Gasteiger partial charge in [0.2, 0.25) is 0 Å². The van der Waals surface area contributed by atoms with Crippen LogP contribution in [-0.4, -0.2) is 42.9 Å². The fourth-order valence-electron chi connectivity index (χ4n) is 3.26. The van der Waals surface area contributed by atoms with Gasteiger partial charge in [-0.15, -0.1) is 0 Å². The van der Waals surface area contributed by atoms with Crippen molar-refractivity contribution in [1.29, 1.82) is 0 Å². The number of rotatable bonds is 5. The minimum atomic E-state index is -2.67. The summed E-state index contributed by atoms with van der Waals surface area (Å²) in [6.07, 6.45) is 3.01. The van der Waals surface area contributed by atoms with Gasteiger partial charge < -0.3 is 0 Å². The summed E-state index contributed by atoms with van der Waals surface area (Å²) in [6, 6.07) is 4.30. The van der Waals surface area contributed by atoms with Gasteiger partial charge in [0.25, 0.3) is 0 Å². The van der Waals surface area contributed by atoms with Crippen LogP contribution in [-0.2, 0) is 22.8 Å². The predicted octanol–water partition coefficient (Wildman–Crippen LogP) is 1.76. The average molecular weight is 308 g/mol. The van der Waals surface area contributed by atoms with Gasteiger partial charge >= 0.3 is 0 Å². The summed E-state index contributed by atoms with van der Waals surface area (Å²) in [5.74, 6) is 2.46. The molecule has 2 aliphatic rings. The molecule has 0 spiro atoms. The quantitative estimate of drug-likeness (QED) is 0.831. The smallest absolute Gasteiger partial charge is 0.150 e. The van der Waals surface area contributed by atoms with Crippen molar-refractivity contribution >= 4 is 9.84 Å². The first-order chi connectivity index (χ1) is 9.91. The molecule has 0 radical (unpaired) electrons. The van der Waals surface area contributed by atoms with Crippen LogP contribution in [0.2, 0.25) is 0 Å². The highest BCUT2D eigenvalue weighted by Gasteiger charge is 2.43. The van der Waals surface area contributed by atoms with Crippen molar-refractivity contribution in [3.8, 4) is 0 Å². The van der Waals surface area contributed by atoms with E-state index in [0.717, 1.165) is 31.7 Å². The van der Waals surface area contributed by atoms with Gasteiger partial charge in [0.1, 0.15) is 0 Å². The van der Waals surface area contributed by atoms with Crippen molar-refractivity contribution < 1.29 is 8.42 Å². The molecule has 1 aromatic heterocycles. The molecule has 0 N–H and O–H groups in total. The number of pyridine rings is 1. The van der Waals surface area contributed by atoms with E-state index in [1.165, 1.54) is 5.56 Å². The summed E-state index contributed by atoms with van der Waals surface area (Å²) in [4.78, 5) is 6.91.